The van der Waals surface area contributed by atoms with Gasteiger partial charge in [-0.2, -0.15) is 18.4 Å². The maximum absolute atomic E-state index is 13.1. The van der Waals surface area contributed by atoms with E-state index in [4.69, 9.17) is 5.26 Å². The van der Waals surface area contributed by atoms with Crippen LogP contribution in [0.4, 0.5) is 18.0 Å². The van der Waals surface area contributed by atoms with Crippen LogP contribution in [0.15, 0.2) is 18.2 Å². The largest absolute Gasteiger partial charge is 0.416 e. The molecule has 4 aliphatic rings. The van der Waals surface area contributed by atoms with Gasteiger partial charge in [0.05, 0.1) is 28.5 Å². The van der Waals surface area contributed by atoms with Gasteiger partial charge < -0.3 is 9.80 Å². The van der Waals surface area contributed by atoms with E-state index in [-0.39, 0.29) is 28.7 Å². The maximum Gasteiger partial charge on any atom is 0.416 e. The van der Waals surface area contributed by atoms with Gasteiger partial charge in [0.2, 0.25) is 10.0 Å². The highest BCUT2D eigenvalue weighted by Crippen LogP contribution is 2.53. The van der Waals surface area contributed by atoms with Crippen LogP contribution in [0.3, 0.4) is 0 Å². The number of carbonyl (C=O) groups is 1. The minimum atomic E-state index is -4.48. The molecule has 5 rings (SSSR count). The van der Waals surface area contributed by atoms with Gasteiger partial charge in [-0.15, -0.1) is 0 Å². The molecule has 2 amide bonds. The Morgan fingerprint density at radius 1 is 1.16 bits per heavy atom. The molecule has 0 atom stereocenters. The van der Waals surface area contributed by atoms with Crippen LogP contribution in [0.25, 0.3) is 0 Å². The van der Waals surface area contributed by atoms with E-state index in [1.165, 1.54) is 6.07 Å². The predicted molar refractivity (Wildman–Crippen MR) is 108 cm³/mol. The highest BCUT2D eigenvalue weighted by molar-refractivity contribution is 7.89. The Kier molecular flexibility index (Phi) is 4.60. The third kappa shape index (κ3) is 3.73. The number of alkyl halides is 3. The summed E-state index contributed by atoms with van der Waals surface area (Å²) in [6.45, 7) is 2.05. The molecule has 1 aliphatic carbocycles. The first kappa shape index (κ1) is 21.5. The molecule has 1 aromatic rings. The molecule has 11 heteroatoms. The molecule has 3 heterocycles. The average molecular weight is 469 g/mol. The predicted octanol–water partition coefficient (Wildman–Crippen LogP) is 2.33. The number of likely N-dealkylation sites (tertiary alicyclic amines) is 2. The Balaban J connectivity index is 1.11. The molecular formula is C21H23F3N4O3S. The summed E-state index contributed by atoms with van der Waals surface area (Å²) in [5, 5.41) is 9.04. The Bertz CT molecular complexity index is 1110. The second-order valence-electron chi connectivity index (χ2n) is 9.95. The molecule has 1 saturated carbocycles. The normalized spacial score (nSPS) is 25.2. The molecule has 0 radical (unpaired) electrons. The van der Waals surface area contributed by atoms with Crippen molar-refractivity contribution in [3.05, 3.63) is 34.9 Å². The van der Waals surface area contributed by atoms with Crippen molar-refractivity contribution >= 4 is 16.1 Å². The lowest BCUT2D eigenvalue weighted by atomic mass is 9.56. The lowest BCUT2D eigenvalue weighted by Crippen LogP contribution is -2.73. The number of halogens is 3. The van der Waals surface area contributed by atoms with Crippen LogP contribution in [-0.4, -0.2) is 61.7 Å². The van der Waals surface area contributed by atoms with Crippen LogP contribution in [0, 0.1) is 22.7 Å². The first-order valence-electron chi connectivity index (χ1n) is 10.6. The Labute approximate surface area is 184 Å². The molecule has 1 aromatic carbocycles. The number of nitrogens with one attached hydrogen (secondary N) is 1. The average Bonchev–Trinajstić information content (AvgIpc) is 2.95. The molecular weight excluding hydrogens is 445 g/mol. The van der Waals surface area contributed by atoms with E-state index in [0.29, 0.717) is 44.6 Å². The Morgan fingerprint density at radius 3 is 2.38 bits per heavy atom. The lowest BCUT2D eigenvalue weighted by Gasteiger charge is -2.61. The highest BCUT2D eigenvalue weighted by Gasteiger charge is 2.57. The van der Waals surface area contributed by atoms with Crippen LogP contribution in [0.2, 0.25) is 0 Å². The van der Waals surface area contributed by atoms with Gasteiger partial charge in [0.25, 0.3) is 0 Å². The van der Waals surface area contributed by atoms with Gasteiger partial charge in [0.1, 0.15) is 0 Å². The van der Waals surface area contributed by atoms with E-state index in [9.17, 15) is 26.4 Å². The molecule has 172 valence electrons. The summed E-state index contributed by atoms with van der Waals surface area (Å²) in [4.78, 5) is 16.1. The van der Waals surface area contributed by atoms with Crippen LogP contribution in [0.5, 0.6) is 0 Å². The van der Waals surface area contributed by atoms with Crippen molar-refractivity contribution in [3.63, 3.8) is 0 Å². The number of amides is 2. The number of urea groups is 1. The van der Waals surface area contributed by atoms with Crippen molar-refractivity contribution in [1.29, 1.82) is 5.26 Å². The third-order valence-electron chi connectivity index (χ3n) is 7.22. The number of rotatable bonds is 2. The van der Waals surface area contributed by atoms with Crippen LogP contribution < -0.4 is 4.72 Å². The van der Waals surface area contributed by atoms with Crippen molar-refractivity contribution in [2.45, 2.75) is 37.4 Å². The highest BCUT2D eigenvalue weighted by atomic mass is 32.2. The molecule has 4 fully saturated rings. The van der Waals surface area contributed by atoms with E-state index in [0.717, 1.165) is 25.0 Å². The molecule has 0 aromatic heterocycles. The van der Waals surface area contributed by atoms with Gasteiger partial charge >= 0.3 is 12.2 Å². The van der Waals surface area contributed by atoms with Gasteiger partial charge in [0, 0.05) is 31.6 Å². The number of nitriles is 1. The lowest BCUT2D eigenvalue weighted by molar-refractivity contribution is -0.137. The number of hydrogen-bond acceptors (Lipinski definition) is 4. The zero-order chi connectivity index (χ0) is 22.9. The second kappa shape index (κ2) is 6.84. The summed E-state index contributed by atoms with van der Waals surface area (Å²) >= 11 is 0. The molecule has 0 bridgehead atoms. The topological polar surface area (TPSA) is 93.5 Å². The van der Waals surface area contributed by atoms with E-state index in [1.54, 1.807) is 15.9 Å². The van der Waals surface area contributed by atoms with E-state index in [1.807, 2.05) is 0 Å². The number of hydrogen-bond donors (Lipinski definition) is 1. The fourth-order valence-corrected chi connectivity index (χ4v) is 7.49. The van der Waals surface area contributed by atoms with Gasteiger partial charge in [-0.1, -0.05) is 0 Å². The van der Waals surface area contributed by atoms with Crippen molar-refractivity contribution in [3.8, 4) is 6.07 Å². The SMILES string of the molecule is N#Cc1cc(CC2CC3(C2)CN(C(=O)N2CC4(CCS(=O)(=O)N4)C2)C3)cc(C(F)(F)F)c1. The minimum absolute atomic E-state index is 0.0150. The molecule has 0 unspecified atom stereocenters. The van der Waals surface area contributed by atoms with E-state index < -0.39 is 27.3 Å². The molecule has 1 N–H and O–H groups in total. The molecule has 3 aliphatic heterocycles. The zero-order valence-corrected chi connectivity index (χ0v) is 18.1. The first-order valence-corrected chi connectivity index (χ1v) is 12.2. The van der Waals surface area contributed by atoms with Crippen molar-refractivity contribution in [2.75, 3.05) is 31.9 Å². The standard InChI is InChI=1S/C21H23F3N4O3S/c22-21(23,24)17-5-14(3-15(6-17)9-25)4-16-7-19(8-16)10-27(11-19)18(29)28-12-20(13-28)1-2-32(30,31)26-20/h3,5-6,16,26H,1-2,4,7-8,10-13H2. The third-order valence-corrected chi connectivity index (χ3v) is 8.70. The first-order chi connectivity index (χ1) is 14.9. The van der Waals surface area contributed by atoms with Crippen LogP contribution >= 0.6 is 0 Å². The summed E-state index contributed by atoms with van der Waals surface area (Å²) in [6.07, 6.45) is -1.78. The fourth-order valence-electron chi connectivity index (χ4n) is 5.84. The summed E-state index contributed by atoms with van der Waals surface area (Å²) in [7, 11) is -3.22. The Morgan fingerprint density at radius 2 is 1.81 bits per heavy atom. The van der Waals surface area contributed by atoms with Crippen LogP contribution in [0.1, 0.15) is 36.0 Å². The number of nitrogens with zero attached hydrogens (tertiary/aromatic N) is 3. The van der Waals surface area contributed by atoms with Crippen molar-refractivity contribution in [1.82, 2.24) is 14.5 Å². The minimum Gasteiger partial charge on any atom is -0.323 e. The smallest absolute Gasteiger partial charge is 0.323 e. The molecule has 3 saturated heterocycles. The molecule has 2 spiro atoms. The van der Waals surface area contributed by atoms with Gasteiger partial charge in [0.15, 0.2) is 0 Å². The summed E-state index contributed by atoms with van der Waals surface area (Å²) < 4.78 is 65.1. The van der Waals surface area contributed by atoms with Crippen molar-refractivity contribution < 1.29 is 26.4 Å². The van der Waals surface area contributed by atoms with Gasteiger partial charge in [-0.25, -0.2) is 17.9 Å². The Hall–Kier alpha value is -2.32. The quantitative estimate of drug-likeness (QED) is 0.721. The summed E-state index contributed by atoms with van der Waals surface area (Å²) in [5.41, 5.74) is -0.712. The maximum atomic E-state index is 13.1. The number of sulfonamides is 1. The van der Waals surface area contributed by atoms with E-state index >= 15 is 0 Å². The number of benzene rings is 1. The number of carbonyl (C=O) groups excluding carboxylic acids is 1. The monoisotopic (exact) mass is 468 g/mol. The van der Waals surface area contributed by atoms with E-state index in [2.05, 4.69) is 4.72 Å². The molecule has 32 heavy (non-hydrogen) atoms. The zero-order valence-electron chi connectivity index (χ0n) is 17.3. The molecule has 7 nitrogen and oxygen atoms in total. The van der Waals surface area contributed by atoms with Crippen molar-refractivity contribution in [2.24, 2.45) is 11.3 Å². The summed E-state index contributed by atoms with van der Waals surface area (Å²) in [6, 6.07) is 5.25. The second-order valence-corrected chi connectivity index (χ2v) is 11.8. The van der Waals surface area contributed by atoms with Gasteiger partial charge in [-0.3, -0.25) is 0 Å². The van der Waals surface area contributed by atoms with Crippen LogP contribution in [-0.2, 0) is 22.6 Å². The van der Waals surface area contributed by atoms with Gasteiger partial charge in [-0.05, 0) is 55.4 Å². The fraction of sp³-hybridized carbons (Fsp3) is 0.619. The summed E-state index contributed by atoms with van der Waals surface area (Å²) in [5.74, 6) is 0.341.